The molecule has 0 radical (unpaired) electrons. The van der Waals surface area contributed by atoms with Crippen LogP contribution in [-0.2, 0) is 16.4 Å². The van der Waals surface area contributed by atoms with Gasteiger partial charge in [0.15, 0.2) is 0 Å². The zero-order valence-corrected chi connectivity index (χ0v) is 14.3. The Balaban J connectivity index is 1.62. The molecule has 1 aromatic carbocycles. The van der Waals surface area contributed by atoms with Gasteiger partial charge in [0.2, 0.25) is 10.0 Å². The number of hydrogen-bond donors (Lipinski definition) is 1. The Bertz CT molecular complexity index is 835. The minimum absolute atomic E-state index is 0.0683. The van der Waals surface area contributed by atoms with Crippen LogP contribution in [0.3, 0.4) is 0 Å². The quantitative estimate of drug-likeness (QED) is 0.896. The third kappa shape index (κ3) is 2.60. The fourth-order valence-electron chi connectivity index (χ4n) is 3.29. The van der Waals surface area contributed by atoms with Crippen molar-refractivity contribution in [3.63, 3.8) is 0 Å². The van der Waals surface area contributed by atoms with Gasteiger partial charge in [-0.05, 0) is 30.8 Å². The number of nitrogens with one attached hydrogen (secondary N) is 1. The van der Waals surface area contributed by atoms with Crippen molar-refractivity contribution in [1.29, 1.82) is 0 Å². The van der Waals surface area contributed by atoms with Crippen molar-refractivity contribution in [2.24, 2.45) is 0 Å². The van der Waals surface area contributed by atoms with Crippen LogP contribution >= 0.6 is 0 Å². The molecule has 24 heavy (non-hydrogen) atoms. The number of hydrogen-bond acceptors (Lipinski definition) is 5. The van der Waals surface area contributed by atoms with Crippen LogP contribution in [0, 0.1) is 0 Å². The third-order valence-corrected chi connectivity index (χ3v) is 6.61. The van der Waals surface area contributed by atoms with Crippen molar-refractivity contribution in [3.8, 4) is 5.75 Å². The lowest BCUT2D eigenvalue weighted by Gasteiger charge is -2.37. The molecule has 2 aliphatic heterocycles. The lowest BCUT2D eigenvalue weighted by molar-refractivity contribution is 0.142. The first-order valence-electron chi connectivity index (χ1n) is 8.01. The number of H-pyrrole nitrogens is 1. The molecule has 0 saturated carbocycles. The molecule has 1 aromatic heterocycles. The van der Waals surface area contributed by atoms with E-state index < -0.39 is 10.0 Å². The maximum Gasteiger partial charge on any atom is 0.243 e. The van der Waals surface area contributed by atoms with E-state index in [2.05, 4.69) is 14.9 Å². The van der Waals surface area contributed by atoms with E-state index in [1.54, 1.807) is 34.9 Å². The lowest BCUT2D eigenvalue weighted by Crippen LogP contribution is -2.49. The van der Waals surface area contributed by atoms with Crippen LogP contribution in [0.4, 0.5) is 0 Å². The molecule has 1 atom stereocenters. The molecule has 7 nitrogen and oxygen atoms in total. The molecule has 4 rings (SSSR count). The van der Waals surface area contributed by atoms with Crippen molar-refractivity contribution in [2.75, 3.05) is 33.3 Å². The first-order chi connectivity index (χ1) is 11.6. The summed E-state index contributed by atoms with van der Waals surface area (Å²) in [6.07, 6.45) is 4.21. The summed E-state index contributed by atoms with van der Waals surface area (Å²) < 4.78 is 33.1. The van der Waals surface area contributed by atoms with E-state index in [1.165, 1.54) is 0 Å². The van der Waals surface area contributed by atoms with E-state index in [1.807, 2.05) is 7.05 Å². The molecule has 8 heteroatoms. The predicted molar refractivity (Wildman–Crippen MR) is 88.4 cm³/mol. The van der Waals surface area contributed by atoms with Crippen molar-refractivity contribution in [2.45, 2.75) is 17.4 Å². The number of nitrogens with zero attached hydrogens (tertiary/aromatic N) is 3. The van der Waals surface area contributed by atoms with Gasteiger partial charge in [0, 0.05) is 38.4 Å². The van der Waals surface area contributed by atoms with Crippen LogP contribution in [0.5, 0.6) is 5.75 Å². The number of ether oxygens (including phenoxy) is 1. The first-order valence-corrected chi connectivity index (χ1v) is 9.45. The standard InChI is InChI=1S/C16H20N4O3S/c1-19-7-8-20(11-14(19)16-17-5-6-18-16)24(21,22)13-2-3-15-12(10-13)4-9-23-15/h2-3,5-6,10,14H,4,7-9,11H2,1H3,(H,17,18). The molecule has 2 aliphatic rings. The fraction of sp³-hybridized carbons (Fsp3) is 0.438. The first kappa shape index (κ1) is 15.6. The van der Waals surface area contributed by atoms with Gasteiger partial charge in [-0.15, -0.1) is 0 Å². The molecule has 1 saturated heterocycles. The van der Waals surface area contributed by atoms with E-state index in [4.69, 9.17) is 4.74 Å². The number of sulfonamides is 1. The summed E-state index contributed by atoms with van der Waals surface area (Å²) >= 11 is 0. The summed E-state index contributed by atoms with van der Waals surface area (Å²) in [6.45, 7) is 2.15. The summed E-state index contributed by atoms with van der Waals surface area (Å²) in [4.78, 5) is 9.85. The molecule has 128 valence electrons. The normalized spacial score (nSPS) is 22.3. The Morgan fingerprint density at radius 3 is 3.00 bits per heavy atom. The third-order valence-electron chi connectivity index (χ3n) is 4.74. The van der Waals surface area contributed by atoms with Crippen LogP contribution < -0.4 is 4.74 Å². The number of benzene rings is 1. The van der Waals surface area contributed by atoms with Crippen LogP contribution in [0.25, 0.3) is 0 Å². The number of aromatic nitrogens is 2. The SMILES string of the molecule is CN1CCN(S(=O)(=O)c2ccc3c(c2)CCO3)CC1c1ncc[nH]1. The molecular weight excluding hydrogens is 328 g/mol. The van der Waals surface area contributed by atoms with Gasteiger partial charge in [-0.25, -0.2) is 13.4 Å². The topological polar surface area (TPSA) is 78.5 Å². The Labute approximate surface area is 141 Å². The Hall–Kier alpha value is -1.90. The highest BCUT2D eigenvalue weighted by molar-refractivity contribution is 7.89. The van der Waals surface area contributed by atoms with E-state index in [9.17, 15) is 8.42 Å². The number of imidazole rings is 1. The van der Waals surface area contributed by atoms with E-state index in [0.29, 0.717) is 31.1 Å². The molecular formula is C16H20N4O3S. The van der Waals surface area contributed by atoms with E-state index in [0.717, 1.165) is 23.6 Å². The molecule has 2 aromatic rings. The summed E-state index contributed by atoms with van der Waals surface area (Å²) in [5, 5.41) is 0. The van der Waals surface area contributed by atoms with Gasteiger partial charge in [-0.3, -0.25) is 4.90 Å². The van der Waals surface area contributed by atoms with Gasteiger partial charge in [-0.2, -0.15) is 4.31 Å². The largest absolute Gasteiger partial charge is 0.493 e. The average Bonchev–Trinajstić information content (AvgIpc) is 3.26. The minimum atomic E-state index is -3.52. The minimum Gasteiger partial charge on any atom is -0.493 e. The molecule has 0 aliphatic carbocycles. The summed E-state index contributed by atoms with van der Waals surface area (Å²) in [5.74, 6) is 1.58. The van der Waals surface area contributed by atoms with Gasteiger partial charge in [0.05, 0.1) is 17.5 Å². The average molecular weight is 348 g/mol. The maximum atomic E-state index is 13.0. The summed E-state index contributed by atoms with van der Waals surface area (Å²) in [6, 6.07) is 5.08. The number of aromatic amines is 1. The zero-order valence-electron chi connectivity index (χ0n) is 13.5. The summed E-state index contributed by atoms with van der Waals surface area (Å²) in [7, 11) is -1.53. The molecule has 0 amide bonds. The van der Waals surface area contributed by atoms with Crippen molar-refractivity contribution in [3.05, 3.63) is 42.0 Å². The lowest BCUT2D eigenvalue weighted by atomic mass is 10.2. The predicted octanol–water partition coefficient (Wildman–Crippen LogP) is 1.02. The molecule has 1 N–H and O–H groups in total. The molecule has 1 fully saturated rings. The maximum absolute atomic E-state index is 13.0. The highest BCUT2D eigenvalue weighted by Gasteiger charge is 2.35. The van der Waals surface area contributed by atoms with Gasteiger partial charge in [-0.1, -0.05) is 0 Å². The second-order valence-electron chi connectivity index (χ2n) is 6.20. The van der Waals surface area contributed by atoms with Gasteiger partial charge < -0.3 is 9.72 Å². The van der Waals surface area contributed by atoms with Crippen LogP contribution in [0.1, 0.15) is 17.4 Å². The number of piperazine rings is 1. The second kappa shape index (κ2) is 5.87. The van der Waals surface area contributed by atoms with Crippen molar-refractivity contribution < 1.29 is 13.2 Å². The van der Waals surface area contributed by atoms with E-state index in [-0.39, 0.29) is 6.04 Å². The van der Waals surface area contributed by atoms with Gasteiger partial charge >= 0.3 is 0 Å². The monoisotopic (exact) mass is 348 g/mol. The number of rotatable bonds is 3. The Morgan fingerprint density at radius 2 is 2.21 bits per heavy atom. The number of likely N-dealkylation sites (N-methyl/N-ethyl adjacent to an activating group) is 1. The smallest absolute Gasteiger partial charge is 0.243 e. The molecule has 0 bridgehead atoms. The van der Waals surface area contributed by atoms with Crippen LogP contribution in [0.15, 0.2) is 35.5 Å². The van der Waals surface area contributed by atoms with Crippen molar-refractivity contribution in [1.82, 2.24) is 19.2 Å². The Morgan fingerprint density at radius 1 is 1.33 bits per heavy atom. The van der Waals surface area contributed by atoms with Crippen molar-refractivity contribution >= 4 is 10.0 Å². The summed E-state index contributed by atoms with van der Waals surface area (Å²) in [5.41, 5.74) is 0.966. The van der Waals surface area contributed by atoms with Gasteiger partial charge in [0.25, 0.3) is 0 Å². The fourth-order valence-corrected chi connectivity index (χ4v) is 4.78. The molecule has 0 spiro atoms. The Kier molecular flexibility index (Phi) is 3.82. The van der Waals surface area contributed by atoms with Gasteiger partial charge in [0.1, 0.15) is 11.6 Å². The highest BCUT2D eigenvalue weighted by atomic mass is 32.2. The van der Waals surface area contributed by atoms with Crippen LogP contribution in [-0.4, -0.2) is 60.9 Å². The molecule has 3 heterocycles. The second-order valence-corrected chi connectivity index (χ2v) is 8.14. The number of fused-ring (bicyclic) bond motifs is 1. The molecule has 1 unspecified atom stereocenters. The highest BCUT2D eigenvalue weighted by Crippen LogP contribution is 2.31. The van der Waals surface area contributed by atoms with E-state index >= 15 is 0 Å². The zero-order chi connectivity index (χ0) is 16.7. The van der Waals surface area contributed by atoms with Crippen LogP contribution in [0.2, 0.25) is 0 Å².